The van der Waals surface area contributed by atoms with Crippen LogP contribution >= 0.6 is 11.3 Å². The maximum atomic E-state index is 12.3. The first-order chi connectivity index (χ1) is 10.6. The fraction of sp³-hybridized carbons (Fsp3) is 0.688. The number of carbonyl (C=O) groups excluding carboxylic acids is 2. The molecule has 1 atom stereocenters. The van der Waals surface area contributed by atoms with Crippen molar-refractivity contribution in [2.75, 3.05) is 13.7 Å². The average molecular weight is 342 g/mol. The second kappa shape index (κ2) is 7.77. The topological polar surface area (TPSA) is 68.7 Å². The Kier molecular flexibility index (Phi) is 6.56. The van der Waals surface area contributed by atoms with Gasteiger partial charge in [-0.05, 0) is 33.6 Å². The van der Waals surface area contributed by atoms with Crippen molar-refractivity contribution in [3.63, 3.8) is 0 Å². The standard InChI is InChI=1S/C16H26N2O4S/c1-8-21-14(19)11-9-23-13(17-11)12(10(2)3)18(7)15(20)22-16(4,5)6/h9-10,12H,8H2,1-7H3/t12-/m0/s1. The zero-order chi connectivity index (χ0) is 17.8. The third-order valence-corrected chi connectivity index (χ3v) is 3.91. The van der Waals surface area contributed by atoms with Gasteiger partial charge in [0.2, 0.25) is 0 Å². The van der Waals surface area contributed by atoms with Crippen LogP contribution in [0.2, 0.25) is 0 Å². The number of esters is 1. The predicted molar refractivity (Wildman–Crippen MR) is 89.6 cm³/mol. The Bertz CT molecular complexity index is 549. The number of nitrogens with zero attached hydrogens (tertiary/aromatic N) is 2. The van der Waals surface area contributed by atoms with Crippen LogP contribution in [0.15, 0.2) is 5.38 Å². The van der Waals surface area contributed by atoms with Gasteiger partial charge in [-0.25, -0.2) is 14.6 Å². The second-order valence-electron chi connectivity index (χ2n) is 6.57. The highest BCUT2D eigenvalue weighted by Crippen LogP contribution is 2.31. The van der Waals surface area contributed by atoms with Gasteiger partial charge in [0.05, 0.1) is 12.6 Å². The van der Waals surface area contributed by atoms with Gasteiger partial charge in [-0.15, -0.1) is 11.3 Å². The maximum absolute atomic E-state index is 12.3. The minimum Gasteiger partial charge on any atom is -0.461 e. The molecule has 0 radical (unpaired) electrons. The van der Waals surface area contributed by atoms with Crippen molar-refractivity contribution in [3.05, 3.63) is 16.1 Å². The summed E-state index contributed by atoms with van der Waals surface area (Å²) in [7, 11) is 1.68. The van der Waals surface area contributed by atoms with Crippen LogP contribution in [0.3, 0.4) is 0 Å². The van der Waals surface area contributed by atoms with Crippen LogP contribution in [-0.2, 0) is 9.47 Å². The van der Waals surface area contributed by atoms with Crippen molar-refractivity contribution in [2.24, 2.45) is 5.92 Å². The zero-order valence-electron chi connectivity index (χ0n) is 14.9. The van der Waals surface area contributed by atoms with Crippen LogP contribution in [0.25, 0.3) is 0 Å². The van der Waals surface area contributed by atoms with Gasteiger partial charge < -0.3 is 14.4 Å². The Morgan fingerprint density at radius 2 is 1.96 bits per heavy atom. The molecule has 130 valence electrons. The van der Waals surface area contributed by atoms with Crippen LogP contribution in [0.1, 0.15) is 63.1 Å². The SMILES string of the molecule is CCOC(=O)c1csc([C@H](C(C)C)N(C)C(=O)OC(C)(C)C)n1. The Hall–Kier alpha value is -1.63. The first kappa shape index (κ1) is 19.4. The molecule has 1 amide bonds. The molecule has 0 saturated heterocycles. The maximum Gasteiger partial charge on any atom is 0.410 e. The molecule has 23 heavy (non-hydrogen) atoms. The minimum atomic E-state index is -0.564. The van der Waals surface area contributed by atoms with E-state index in [4.69, 9.17) is 9.47 Å². The molecular formula is C16H26N2O4S. The monoisotopic (exact) mass is 342 g/mol. The van der Waals surface area contributed by atoms with E-state index in [1.807, 2.05) is 34.6 Å². The smallest absolute Gasteiger partial charge is 0.410 e. The van der Waals surface area contributed by atoms with E-state index in [0.29, 0.717) is 11.6 Å². The molecule has 0 saturated carbocycles. The highest BCUT2D eigenvalue weighted by atomic mass is 32.1. The Balaban J connectivity index is 2.99. The normalized spacial score (nSPS) is 12.9. The van der Waals surface area contributed by atoms with Crippen LogP contribution < -0.4 is 0 Å². The molecule has 6 nitrogen and oxygen atoms in total. The molecule has 1 aromatic heterocycles. The number of ether oxygens (including phenoxy) is 2. The van der Waals surface area contributed by atoms with E-state index in [0.717, 1.165) is 0 Å². The van der Waals surface area contributed by atoms with Gasteiger partial charge in [0.1, 0.15) is 10.6 Å². The number of hydrogen-bond donors (Lipinski definition) is 0. The molecule has 0 aliphatic heterocycles. The van der Waals surface area contributed by atoms with Crippen molar-refractivity contribution in [1.82, 2.24) is 9.88 Å². The van der Waals surface area contributed by atoms with E-state index in [-0.39, 0.29) is 17.7 Å². The number of amides is 1. The fourth-order valence-electron chi connectivity index (χ4n) is 2.07. The van der Waals surface area contributed by atoms with Gasteiger partial charge in [-0.1, -0.05) is 13.8 Å². The number of rotatable bonds is 5. The van der Waals surface area contributed by atoms with Crippen LogP contribution in [-0.4, -0.2) is 41.2 Å². The van der Waals surface area contributed by atoms with Crippen molar-refractivity contribution in [2.45, 2.75) is 53.2 Å². The summed E-state index contributed by atoms with van der Waals surface area (Å²) in [5, 5.41) is 2.35. The Morgan fingerprint density at radius 1 is 1.35 bits per heavy atom. The lowest BCUT2D eigenvalue weighted by Crippen LogP contribution is -2.38. The van der Waals surface area contributed by atoms with Gasteiger partial charge in [-0.3, -0.25) is 0 Å². The van der Waals surface area contributed by atoms with Crippen LogP contribution in [0.4, 0.5) is 4.79 Å². The molecule has 1 rings (SSSR count). The summed E-state index contributed by atoms with van der Waals surface area (Å²) in [5.41, 5.74) is -0.290. The summed E-state index contributed by atoms with van der Waals surface area (Å²) in [5.74, 6) is -0.328. The first-order valence-electron chi connectivity index (χ1n) is 7.65. The summed E-state index contributed by atoms with van der Waals surface area (Å²) in [6.45, 7) is 11.5. The summed E-state index contributed by atoms with van der Waals surface area (Å²) < 4.78 is 10.4. The summed E-state index contributed by atoms with van der Waals surface area (Å²) >= 11 is 1.34. The van der Waals surface area contributed by atoms with Gasteiger partial charge in [0.15, 0.2) is 5.69 Å². The molecule has 0 fully saturated rings. The third kappa shape index (κ3) is 5.49. The molecule has 0 aromatic carbocycles. The van der Waals surface area contributed by atoms with Crippen molar-refractivity contribution < 1.29 is 19.1 Å². The highest BCUT2D eigenvalue weighted by Gasteiger charge is 2.31. The summed E-state index contributed by atoms with van der Waals surface area (Å²) in [6.07, 6.45) is -0.413. The van der Waals surface area contributed by atoms with Crippen molar-refractivity contribution >= 4 is 23.4 Å². The molecule has 0 aliphatic carbocycles. The van der Waals surface area contributed by atoms with Crippen LogP contribution in [0, 0.1) is 5.92 Å². The molecule has 7 heteroatoms. The highest BCUT2D eigenvalue weighted by molar-refractivity contribution is 7.09. The average Bonchev–Trinajstić information content (AvgIpc) is 2.86. The van der Waals surface area contributed by atoms with Crippen molar-refractivity contribution in [1.29, 1.82) is 0 Å². The molecule has 0 spiro atoms. The number of carbonyl (C=O) groups is 2. The molecule has 1 aromatic rings. The number of aromatic nitrogens is 1. The van der Waals surface area contributed by atoms with E-state index in [9.17, 15) is 9.59 Å². The van der Waals surface area contributed by atoms with E-state index in [2.05, 4.69) is 4.98 Å². The first-order valence-corrected chi connectivity index (χ1v) is 8.53. The lowest BCUT2D eigenvalue weighted by atomic mass is 10.0. The minimum absolute atomic E-state index is 0.119. The van der Waals surface area contributed by atoms with Crippen LogP contribution in [0.5, 0.6) is 0 Å². The number of hydrogen-bond acceptors (Lipinski definition) is 6. The third-order valence-electron chi connectivity index (χ3n) is 2.99. The van der Waals surface area contributed by atoms with Gasteiger partial charge in [0.25, 0.3) is 0 Å². The van der Waals surface area contributed by atoms with Gasteiger partial charge in [-0.2, -0.15) is 0 Å². The lowest BCUT2D eigenvalue weighted by Gasteiger charge is -2.31. The van der Waals surface area contributed by atoms with Gasteiger partial charge >= 0.3 is 12.1 Å². The molecule has 0 aliphatic rings. The summed E-state index contributed by atoms with van der Waals surface area (Å²) in [4.78, 5) is 29.9. The largest absolute Gasteiger partial charge is 0.461 e. The van der Waals surface area contributed by atoms with E-state index < -0.39 is 17.7 Å². The molecule has 1 heterocycles. The van der Waals surface area contributed by atoms with Crippen molar-refractivity contribution in [3.8, 4) is 0 Å². The quantitative estimate of drug-likeness (QED) is 0.760. The Labute approximate surface area is 141 Å². The fourth-order valence-corrected chi connectivity index (χ4v) is 3.17. The molecule has 0 N–H and O–H groups in total. The second-order valence-corrected chi connectivity index (χ2v) is 7.46. The van der Waals surface area contributed by atoms with E-state index >= 15 is 0 Å². The predicted octanol–water partition coefficient (Wildman–Crippen LogP) is 3.88. The molecule has 0 bridgehead atoms. The van der Waals surface area contributed by atoms with Gasteiger partial charge in [0, 0.05) is 12.4 Å². The van der Waals surface area contributed by atoms with E-state index in [1.54, 1.807) is 19.4 Å². The molecule has 0 unspecified atom stereocenters. The lowest BCUT2D eigenvalue weighted by molar-refractivity contribution is 0.0175. The summed E-state index contributed by atoms with van der Waals surface area (Å²) in [6, 6.07) is -0.266. The van der Waals surface area contributed by atoms with E-state index in [1.165, 1.54) is 16.2 Å². The Morgan fingerprint density at radius 3 is 2.43 bits per heavy atom. The number of thiazole rings is 1. The molecular weight excluding hydrogens is 316 g/mol. The zero-order valence-corrected chi connectivity index (χ0v) is 15.7.